The number of carbonyl (C=O) groups is 1. The van der Waals surface area contributed by atoms with Crippen LogP contribution in [0.4, 0.5) is 0 Å². The summed E-state index contributed by atoms with van der Waals surface area (Å²) in [5.74, 6) is 0.916. The summed E-state index contributed by atoms with van der Waals surface area (Å²) in [6.07, 6.45) is 8.58. The monoisotopic (exact) mass is 224 g/mol. The summed E-state index contributed by atoms with van der Waals surface area (Å²) >= 11 is 0. The fraction of sp³-hybridized carbons (Fsp3) is 0.923. The van der Waals surface area contributed by atoms with Crippen molar-refractivity contribution in [1.82, 2.24) is 5.32 Å². The highest BCUT2D eigenvalue weighted by molar-refractivity contribution is 5.78. The van der Waals surface area contributed by atoms with Gasteiger partial charge in [0, 0.05) is 18.0 Å². The molecule has 2 saturated carbocycles. The molecule has 0 radical (unpaired) electrons. The Balaban J connectivity index is 1.69. The van der Waals surface area contributed by atoms with E-state index in [0.29, 0.717) is 12.5 Å². The molecule has 92 valence electrons. The van der Waals surface area contributed by atoms with Gasteiger partial charge in [0.1, 0.15) is 0 Å². The van der Waals surface area contributed by atoms with Gasteiger partial charge in [0.15, 0.2) is 0 Å². The van der Waals surface area contributed by atoms with Crippen LogP contribution in [0.25, 0.3) is 0 Å². The third-order valence-corrected chi connectivity index (χ3v) is 4.04. The van der Waals surface area contributed by atoms with Gasteiger partial charge in [-0.1, -0.05) is 26.2 Å². The van der Waals surface area contributed by atoms with Crippen LogP contribution in [0, 0.1) is 5.92 Å². The Hall–Kier alpha value is -0.570. The van der Waals surface area contributed by atoms with Gasteiger partial charge in [0.25, 0.3) is 0 Å². The molecule has 0 aromatic carbocycles. The van der Waals surface area contributed by atoms with Crippen molar-refractivity contribution in [2.24, 2.45) is 11.7 Å². The Labute approximate surface area is 98.2 Å². The molecule has 0 aromatic rings. The van der Waals surface area contributed by atoms with Crippen LogP contribution in [0.15, 0.2) is 0 Å². The summed E-state index contributed by atoms with van der Waals surface area (Å²) < 4.78 is 0. The zero-order chi connectivity index (χ0) is 11.6. The van der Waals surface area contributed by atoms with Crippen molar-refractivity contribution in [3.63, 3.8) is 0 Å². The van der Waals surface area contributed by atoms with Gasteiger partial charge in [-0.2, -0.15) is 0 Å². The van der Waals surface area contributed by atoms with E-state index in [0.717, 1.165) is 18.8 Å². The second kappa shape index (κ2) is 4.74. The SMILES string of the molecule is CCCC1CC1NC(=O)CC1(N)CCCC1. The molecule has 0 spiro atoms. The first-order valence-electron chi connectivity index (χ1n) is 6.71. The summed E-state index contributed by atoms with van der Waals surface area (Å²) in [4.78, 5) is 11.8. The van der Waals surface area contributed by atoms with Crippen LogP contribution in [-0.2, 0) is 4.79 Å². The van der Waals surface area contributed by atoms with Gasteiger partial charge >= 0.3 is 0 Å². The molecular formula is C13H24N2O. The molecule has 2 aliphatic carbocycles. The van der Waals surface area contributed by atoms with E-state index in [4.69, 9.17) is 5.73 Å². The van der Waals surface area contributed by atoms with Crippen molar-refractivity contribution < 1.29 is 4.79 Å². The summed E-state index contributed by atoms with van der Waals surface area (Å²) in [6, 6.07) is 0.456. The predicted octanol–water partition coefficient (Wildman–Crippen LogP) is 1.95. The molecule has 2 unspecified atom stereocenters. The van der Waals surface area contributed by atoms with Crippen molar-refractivity contribution in [2.45, 2.75) is 69.9 Å². The van der Waals surface area contributed by atoms with E-state index in [-0.39, 0.29) is 11.4 Å². The summed E-state index contributed by atoms with van der Waals surface area (Å²) in [6.45, 7) is 2.20. The fourth-order valence-corrected chi connectivity index (χ4v) is 2.95. The molecule has 2 aliphatic rings. The Morgan fingerprint density at radius 1 is 1.44 bits per heavy atom. The molecule has 0 aromatic heterocycles. The highest BCUT2D eigenvalue weighted by Gasteiger charge is 2.39. The zero-order valence-electron chi connectivity index (χ0n) is 10.3. The Morgan fingerprint density at radius 3 is 2.75 bits per heavy atom. The van der Waals surface area contributed by atoms with Crippen LogP contribution in [0.2, 0.25) is 0 Å². The molecule has 3 nitrogen and oxygen atoms in total. The van der Waals surface area contributed by atoms with Gasteiger partial charge in [-0.3, -0.25) is 4.79 Å². The molecule has 3 heteroatoms. The lowest BCUT2D eigenvalue weighted by Crippen LogP contribution is -2.42. The average Bonchev–Trinajstić information content (AvgIpc) is 2.76. The molecule has 2 rings (SSSR count). The third kappa shape index (κ3) is 2.97. The molecule has 0 aliphatic heterocycles. The lowest BCUT2D eigenvalue weighted by atomic mass is 9.94. The van der Waals surface area contributed by atoms with Crippen LogP contribution < -0.4 is 11.1 Å². The summed E-state index contributed by atoms with van der Waals surface area (Å²) in [5, 5.41) is 3.12. The van der Waals surface area contributed by atoms with Gasteiger partial charge in [-0.15, -0.1) is 0 Å². The van der Waals surface area contributed by atoms with Crippen LogP contribution in [-0.4, -0.2) is 17.5 Å². The van der Waals surface area contributed by atoms with E-state index < -0.39 is 0 Å². The summed E-state index contributed by atoms with van der Waals surface area (Å²) in [7, 11) is 0. The highest BCUT2D eigenvalue weighted by Crippen LogP contribution is 2.35. The standard InChI is InChI=1S/C13H24N2O/c1-2-5-10-8-11(10)15-12(16)9-13(14)6-3-4-7-13/h10-11H,2-9,14H2,1H3,(H,15,16). The minimum absolute atomic E-state index is 0.174. The molecular weight excluding hydrogens is 200 g/mol. The first kappa shape index (κ1) is 11.9. The number of rotatable bonds is 5. The second-order valence-corrected chi connectivity index (χ2v) is 5.70. The molecule has 3 N–H and O–H groups in total. The van der Waals surface area contributed by atoms with Crippen LogP contribution >= 0.6 is 0 Å². The maximum atomic E-state index is 11.8. The Kier molecular flexibility index (Phi) is 3.53. The fourth-order valence-electron chi connectivity index (χ4n) is 2.95. The number of carbonyl (C=O) groups excluding carboxylic acids is 1. The van der Waals surface area contributed by atoms with Crippen LogP contribution in [0.1, 0.15) is 58.3 Å². The quantitative estimate of drug-likeness (QED) is 0.750. The third-order valence-electron chi connectivity index (χ3n) is 4.04. The van der Waals surface area contributed by atoms with Gasteiger partial charge < -0.3 is 11.1 Å². The van der Waals surface area contributed by atoms with Crippen molar-refractivity contribution in [2.75, 3.05) is 0 Å². The maximum Gasteiger partial charge on any atom is 0.222 e. The number of amides is 1. The summed E-state index contributed by atoms with van der Waals surface area (Å²) in [5.41, 5.74) is 5.99. The van der Waals surface area contributed by atoms with Crippen molar-refractivity contribution >= 4 is 5.91 Å². The van der Waals surface area contributed by atoms with E-state index in [9.17, 15) is 4.79 Å². The number of hydrogen-bond acceptors (Lipinski definition) is 2. The first-order chi connectivity index (χ1) is 7.63. The van der Waals surface area contributed by atoms with E-state index in [2.05, 4.69) is 12.2 Å². The second-order valence-electron chi connectivity index (χ2n) is 5.70. The lowest BCUT2D eigenvalue weighted by Gasteiger charge is -2.22. The smallest absolute Gasteiger partial charge is 0.222 e. The average molecular weight is 224 g/mol. The van der Waals surface area contributed by atoms with Gasteiger partial charge in [-0.05, 0) is 31.6 Å². The molecule has 1 amide bonds. The van der Waals surface area contributed by atoms with Crippen molar-refractivity contribution in [3.05, 3.63) is 0 Å². The minimum atomic E-state index is -0.195. The Morgan fingerprint density at radius 2 is 2.12 bits per heavy atom. The minimum Gasteiger partial charge on any atom is -0.353 e. The van der Waals surface area contributed by atoms with Gasteiger partial charge in [0.2, 0.25) is 5.91 Å². The molecule has 0 saturated heterocycles. The van der Waals surface area contributed by atoms with Crippen molar-refractivity contribution in [3.8, 4) is 0 Å². The molecule has 2 fully saturated rings. The van der Waals surface area contributed by atoms with Crippen LogP contribution in [0.5, 0.6) is 0 Å². The normalized spacial score (nSPS) is 31.4. The maximum absolute atomic E-state index is 11.8. The topological polar surface area (TPSA) is 55.1 Å². The van der Waals surface area contributed by atoms with Crippen molar-refractivity contribution in [1.29, 1.82) is 0 Å². The number of nitrogens with two attached hydrogens (primary N) is 1. The Bertz CT molecular complexity index is 259. The van der Waals surface area contributed by atoms with Crippen LogP contribution in [0.3, 0.4) is 0 Å². The molecule has 2 atom stereocenters. The van der Waals surface area contributed by atoms with Gasteiger partial charge in [0.05, 0.1) is 0 Å². The largest absolute Gasteiger partial charge is 0.353 e. The lowest BCUT2D eigenvalue weighted by molar-refractivity contribution is -0.122. The molecule has 0 bridgehead atoms. The zero-order valence-corrected chi connectivity index (χ0v) is 10.3. The number of nitrogens with one attached hydrogen (secondary N) is 1. The van der Waals surface area contributed by atoms with E-state index >= 15 is 0 Å². The number of hydrogen-bond donors (Lipinski definition) is 2. The first-order valence-corrected chi connectivity index (χ1v) is 6.71. The van der Waals surface area contributed by atoms with Gasteiger partial charge in [-0.25, -0.2) is 0 Å². The highest BCUT2D eigenvalue weighted by atomic mass is 16.1. The predicted molar refractivity (Wildman–Crippen MR) is 64.9 cm³/mol. The van der Waals surface area contributed by atoms with E-state index in [1.165, 1.54) is 32.1 Å². The van der Waals surface area contributed by atoms with E-state index in [1.54, 1.807) is 0 Å². The molecule has 16 heavy (non-hydrogen) atoms. The molecule has 0 heterocycles. The van der Waals surface area contributed by atoms with E-state index in [1.807, 2.05) is 0 Å².